The Labute approximate surface area is 87.0 Å². The van der Waals surface area contributed by atoms with Gasteiger partial charge in [-0.15, -0.1) is 0 Å². The number of benzene rings is 2. The highest BCUT2D eigenvalue weighted by Crippen LogP contribution is 2.25. The minimum absolute atomic E-state index is 0.435. The van der Waals surface area contributed by atoms with Crippen LogP contribution in [0, 0.1) is 22.7 Å². The zero-order valence-electron chi connectivity index (χ0n) is 7.86. The van der Waals surface area contributed by atoms with Crippen LogP contribution in [0.25, 0.3) is 10.8 Å². The lowest BCUT2D eigenvalue weighted by atomic mass is 10.00. The van der Waals surface area contributed by atoms with Crippen molar-refractivity contribution in [2.24, 2.45) is 0 Å². The van der Waals surface area contributed by atoms with Crippen molar-refractivity contribution >= 4 is 16.5 Å². The smallest absolute Gasteiger partial charge is 0.102 e. The van der Waals surface area contributed by atoms with Crippen molar-refractivity contribution in [2.75, 3.05) is 5.73 Å². The number of nitrogens with zero attached hydrogens (tertiary/aromatic N) is 2. The molecule has 0 spiro atoms. The SMILES string of the molecule is N#Cc1cccc2c(C#N)c(N)ccc12. The summed E-state index contributed by atoms with van der Waals surface area (Å²) in [6.07, 6.45) is 0. The summed E-state index contributed by atoms with van der Waals surface area (Å²) in [4.78, 5) is 0. The van der Waals surface area contributed by atoms with Crippen LogP contribution in [-0.2, 0) is 0 Å². The fraction of sp³-hybridized carbons (Fsp3) is 0. The molecule has 15 heavy (non-hydrogen) atoms. The Balaban J connectivity index is 2.98. The van der Waals surface area contributed by atoms with Crippen LogP contribution in [0.4, 0.5) is 5.69 Å². The van der Waals surface area contributed by atoms with Crippen molar-refractivity contribution in [2.45, 2.75) is 0 Å². The summed E-state index contributed by atoms with van der Waals surface area (Å²) >= 11 is 0. The highest BCUT2D eigenvalue weighted by Gasteiger charge is 2.06. The number of fused-ring (bicyclic) bond motifs is 1. The zero-order chi connectivity index (χ0) is 10.8. The molecule has 0 amide bonds. The Bertz CT molecular complexity index is 615. The van der Waals surface area contributed by atoms with Crippen molar-refractivity contribution < 1.29 is 0 Å². The molecule has 0 aliphatic carbocycles. The molecule has 3 heteroatoms. The first-order valence-electron chi connectivity index (χ1n) is 4.39. The van der Waals surface area contributed by atoms with E-state index in [1.54, 1.807) is 30.3 Å². The van der Waals surface area contributed by atoms with Crippen LogP contribution < -0.4 is 5.73 Å². The lowest BCUT2D eigenvalue weighted by molar-refractivity contribution is 1.49. The summed E-state index contributed by atoms with van der Waals surface area (Å²) in [7, 11) is 0. The first kappa shape index (κ1) is 9.05. The first-order valence-corrected chi connectivity index (χ1v) is 4.39. The summed E-state index contributed by atoms with van der Waals surface area (Å²) in [6.45, 7) is 0. The molecule has 70 valence electrons. The van der Waals surface area contributed by atoms with E-state index in [4.69, 9.17) is 16.3 Å². The van der Waals surface area contributed by atoms with Gasteiger partial charge in [-0.25, -0.2) is 0 Å². The second kappa shape index (κ2) is 3.32. The number of hydrogen-bond acceptors (Lipinski definition) is 3. The summed E-state index contributed by atoms with van der Waals surface area (Å²) in [5.74, 6) is 0. The number of nitriles is 2. The van der Waals surface area contributed by atoms with E-state index in [9.17, 15) is 0 Å². The number of rotatable bonds is 0. The first-order chi connectivity index (χ1) is 7.27. The quantitative estimate of drug-likeness (QED) is 0.651. The topological polar surface area (TPSA) is 73.6 Å². The van der Waals surface area contributed by atoms with E-state index in [2.05, 4.69) is 12.1 Å². The van der Waals surface area contributed by atoms with Crippen LogP contribution in [0.5, 0.6) is 0 Å². The van der Waals surface area contributed by atoms with E-state index in [1.165, 1.54) is 0 Å². The van der Waals surface area contributed by atoms with Crippen molar-refractivity contribution in [3.8, 4) is 12.1 Å². The molecule has 0 aliphatic heterocycles. The number of nitrogen functional groups attached to an aromatic ring is 1. The molecule has 0 heterocycles. The van der Waals surface area contributed by atoms with Gasteiger partial charge in [-0.3, -0.25) is 0 Å². The number of nitrogens with two attached hydrogens (primary N) is 1. The van der Waals surface area contributed by atoms with E-state index >= 15 is 0 Å². The Morgan fingerprint density at radius 2 is 1.73 bits per heavy atom. The molecule has 0 saturated carbocycles. The van der Waals surface area contributed by atoms with Gasteiger partial charge in [0.25, 0.3) is 0 Å². The van der Waals surface area contributed by atoms with Gasteiger partial charge in [0.15, 0.2) is 0 Å². The highest BCUT2D eigenvalue weighted by atomic mass is 14.6. The Morgan fingerprint density at radius 3 is 2.40 bits per heavy atom. The van der Waals surface area contributed by atoms with E-state index in [0.717, 1.165) is 10.8 Å². The fourth-order valence-electron chi connectivity index (χ4n) is 1.60. The molecule has 3 nitrogen and oxygen atoms in total. The third-order valence-corrected chi connectivity index (χ3v) is 2.33. The Kier molecular flexibility index (Phi) is 2.00. The predicted octanol–water partition coefficient (Wildman–Crippen LogP) is 2.17. The molecule has 0 aliphatic rings. The summed E-state index contributed by atoms with van der Waals surface area (Å²) < 4.78 is 0. The normalized spacial score (nSPS) is 9.47. The Morgan fingerprint density at radius 1 is 0.933 bits per heavy atom. The fourth-order valence-corrected chi connectivity index (χ4v) is 1.60. The highest BCUT2D eigenvalue weighted by molar-refractivity contribution is 5.95. The molecule has 0 atom stereocenters. The van der Waals surface area contributed by atoms with Crippen LogP contribution in [0.2, 0.25) is 0 Å². The summed E-state index contributed by atoms with van der Waals surface area (Å²) in [5, 5.41) is 19.4. The van der Waals surface area contributed by atoms with E-state index in [1.807, 2.05) is 0 Å². The molecule has 0 fully saturated rings. The minimum Gasteiger partial charge on any atom is -0.398 e. The second-order valence-electron chi connectivity index (χ2n) is 3.15. The van der Waals surface area contributed by atoms with Crippen molar-refractivity contribution in [1.82, 2.24) is 0 Å². The van der Waals surface area contributed by atoms with Crippen LogP contribution in [0.15, 0.2) is 30.3 Å². The summed E-state index contributed by atoms with van der Waals surface area (Å²) in [5.41, 5.74) is 7.12. The molecule has 2 rings (SSSR count). The van der Waals surface area contributed by atoms with Gasteiger partial charge in [0.2, 0.25) is 0 Å². The van der Waals surface area contributed by atoms with E-state index in [0.29, 0.717) is 16.8 Å². The average Bonchev–Trinajstić information content (AvgIpc) is 2.28. The molecule has 2 N–H and O–H groups in total. The van der Waals surface area contributed by atoms with Gasteiger partial charge in [0, 0.05) is 10.8 Å². The van der Waals surface area contributed by atoms with Crippen LogP contribution in [-0.4, -0.2) is 0 Å². The van der Waals surface area contributed by atoms with Gasteiger partial charge >= 0.3 is 0 Å². The maximum Gasteiger partial charge on any atom is 0.102 e. The lowest BCUT2D eigenvalue weighted by Crippen LogP contribution is -1.92. The van der Waals surface area contributed by atoms with Crippen LogP contribution in [0.3, 0.4) is 0 Å². The zero-order valence-corrected chi connectivity index (χ0v) is 7.86. The Hall–Kier alpha value is -2.52. The molecule has 0 saturated heterocycles. The van der Waals surface area contributed by atoms with Crippen LogP contribution >= 0.6 is 0 Å². The monoisotopic (exact) mass is 193 g/mol. The van der Waals surface area contributed by atoms with Crippen molar-refractivity contribution in [3.05, 3.63) is 41.5 Å². The standard InChI is InChI=1S/C12H7N3/c13-6-8-2-1-3-10-9(8)4-5-12(15)11(10)7-14/h1-5H,15H2. The third kappa shape index (κ3) is 1.27. The molecule has 0 aromatic heterocycles. The van der Waals surface area contributed by atoms with Crippen molar-refractivity contribution in [3.63, 3.8) is 0 Å². The molecule has 0 radical (unpaired) electrons. The van der Waals surface area contributed by atoms with Crippen LogP contribution in [0.1, 0.15) is 11.1 Å². The van der Waals surface area contributed by atoms with Gasteiger partial charge in [-0.05, 0) is 12.1 Å². The van der Waals surface area contributed by atoms with Gasteiger partial charge in [0.1, 0.15) is 6.07 Å². The van der Waals surface area contributed by atoms with Gasteiger partial charge < -0.3 is 5.73 Å². The second-order valence-corrected chi connectivity index (χ2v) is 3.15. The van der Waals surface area contributed by atoms with Gasteiger partial charge in [-0.1, -0.05) is 18.2 Å². The van der Waals surface area contributed by atoms with Gasteiger partial charge in [-0.2, -0.15) is 10.5 Å². The minimum atomic E-state index is 0.435. The molecular formula is C12H7N3. The van der Waals surface area contributed by atoms with E-state index < -0.39 is 0 Å². The number of hydrogen-bond donors (Lipinski definition) is 1. The van der Waals surface area contributed by atoms with Crippen molar-refractivity contribution in [1.29, 1.82) is 10.5 Å². The third-order valence-electron chi connectivity index (χ3n) is 2.33. The summed E-state index contributed by atoms with van der Waals surface area (Å²) in [6, 6.07) is 12.8. The molecule has 0 bridgehead atoms. The molecule has 2 aromatic rings. The number of anilines is 1. The van der Waals surface area contributed by atoms with Gasteiger partial charge in [0.05, 0.1) is 22.9 Å². The largest absolute Gasteiger partial charge is 0.398 e. The molecule has 0 unspecified atom stereocenters. The lowest BCUT2D eigenvalue weighted by Gasteiger charge is -2.04. The maximum absolute atomic E-state index is 8.97. The van der Waals surface area contributed by atoms with E-state index in [-0.39, 0.29) is 0 Å². The maximum atomic E-state index is 8.97. The molecular weight excluding hydrogens is 186 g/mol. The molecule has 2 aromatic carbocycles. The predicted molar refractivity (Wildman–Crippen MR) is 57.8 cm³/mol. The average molecular weight is 193 g/mol.